The molecule has 2 unspecified atom stereocenters. The number of fused-ring (bicyclic) bond motifs is 1. The molecule has 0 aliphatic carbocycles. The maximum absolute atomic E-state index is 4.92. The van der Waals surface area contributed by atoms with Crippen molar-refractivity contribution in [2.24, 2.45) is 11.8 Å². The summed E-state index contributed by atoms with van der Waals surface area (Å²) in [5.41, 5.74) is 2.12. The van der Waals surface area contributed by atoms with Crippen molar-refractivity contribution in [2.75, 3.05) is 33.2 Å². The third kappa shape index (κ3) is 3.26. The Morgan fingerprint density at radius 1 is 1.30 bits per heavy atom. The molecule has 124 valence electrons. The standard InChI is InChI=1S/C18H27N5/c1-22-9-3-4-15(12-22)13-23-17(10-14-6-8-19-11-14)21-16-5-2-7-20-18(16)23/h2,5,7,14-15,19H,3-4,6,8-13H2,1H3. The number of imidazole rings is 1. The highest BCUT2D eigenvalue weighted by Crippen LogP contribution is 2.23. The SMILES string of the molecule is CN1CCCC(Cn2c(CC3CCNC3)nc3cccnc32)C1. The molecule has 4 heterocycles. The molecular weight excluding hydrogens is 286 g/mol. The minimum absolute atomic E-state index is 0.716. The van der Waals surface area contributed by atoms with E-state index in [1.165, 1.54) is 38.2 Å². The highest BCUT2D eigenvalue weighted by Gasteiger charge is 2.23. The fourth-order valence-electron chi connectivity index (χ4n) is 4.18. The second-order valence-corrected chi connectivity index (χ2v) is 7.32. The smallest absolute Gasteiger partial charge is 0.159 e. The maximum atomic E-state index is 4.92. The van der Waals surface area contributed by atoms with Crippen LogP contribution in [-0.2, 0) is 13.0 Å². The molecule has 0 saturated carbocycles. The first-order valence-corrected chi connectivity index (χ1v) is 8.99. The molecule has 4 rings (SSSR count). The summed E-state index contributed by atoms with van der Waals surface area (Å²) in [6, 6.07) is 4.09. The fraction of sp³-hybridized carbons (Fsp3) is 0.667. The van der Waals surface area contributed by atoms with Gasteiger partial charge in [-0.2, -0.15) is 0 Å². The van der Waals surface area contributed by atoms with Crippen molar-refractivity contribution in [3.05, 3.63) is 24.2 Å². The maximum Gasteiger partial charge on any atom is 0.159 e. The van der Waals surface area contributed by atoms with Crippen molar-refractivity contribution in [3.8, 4) is 0 Å². The number of pyridine rings is 1. The molecule has 0 radical (unpaired) electrons. The normalized spacial score (nSPS) is 26.1. The molecule has 23 heavy (non-hydrogen) atoms. The van der Waals surface area contributed by atoms with Crippen molar-refractivity contribution >= 4 is 11.2 Å². The van der Waals surface area contributed by atoms with Gasteiger partial charge in [-0.1, -0.05) is 0 Å². The Bertz CT molecular complexity index is 658. The van der Waals surface area contributed by atoms with E-state index < -0.39 is 0 Å². The molecule has 1 N–H and O–H groups in total. The molecule has 2 saturated heterocycles. The van der Waals surface area contributed by atoms with E-state index in [0.717, 1.165) is 43.1 Å². The van der Waals surface area contributed by atoms with Crippen LogP contribution in [0.15, 0.2) is 18.3 Å². The van der Waals surface area contributed by atoms with E-state index in [9.17, 15) is 0 Å². The minimum Gasteiger partial charge on any atom is -0.316 e. The summed E-state index contributed by atoms with van der Waals surface area (Å²) in [5.74, 6) is 2.67. The summed E-state index contributed by atoms with van der Waals surface area (Å²) in [6.07, 6.45) is 6.87. The number of hydrogen-bond donors (Lipinski definition) is 1. The summed E-state index contributed by atoms with van der Waals surface area (Å²) in [6.45, 7) is 5.77. The predicted molar refractivity (Wildman–Crippen MR) is 92.4 cm³/mol. The highest BCUT2D eigenvalue weighted by atomic mass is 15.2. The van der Waals surface area contributed by atoms with Crippen molar-refractivity contribution in [2.45, 2.75) is 32.2 Å². The lowest BCUT2D eigenvalue weighted by atomic mass is 9.98. The van der Waals surface area contributed by atoms with Crippen LogP contribution in [0.25, 0.3) is 11.2 Å². The van der Waals surface area contributed by atoms with Gasteiger partial charge in [0.05, 0.1) is 0 Å². The van der Waals surface area contributed by atoms with Crippen molar-refractivity contribution < 1.29 is 0 Å². The third-order valence-corrected chi connectivity index (χ3v) is 5.38. The lowest BCUT2D eigenvalue weighted by Crippen LogP contribution is -2.34. The average Bonchev–Trinajstić information content (AvgIpc) is 3.17. The summed E-state index contributed by atoms with van der Waals surface area (Å²) in [5, 5.41) is 3.47. The van der Waals surface area contributed by atoms with Crippen LogP contribution < -0.4 is 5.32 Å². The van der Waals surface area contributed by atoms with Crippen LogP contribution in [0.3, 0.4) is 0 Å². The zero-order valence-corrected chi connectivity index (χ0v) is 14.0. The number of piperidine rings is 1. The number of hydrogen-bond acceptors (Lipinski definition) is 4. The molecule has 2 fully saturated rings. The number of nitrogens with one attached hydrogen (secondary N) is 1. The summed E-state index contributed by atoms with van der Waals surface area (Å²) >= 11 is 0. The van der Waals surface area contributed by atoms with E-state index in [1.54, 1.807) is 0 Å². The van der Waals surface area contributed by atoms with Crippen LogP contribution in [0.4, 0.5) is 0 Å². The topological polar surface area (TPSA) is 46.0 Å². The van der Waals surface area contributed by atoms with Crippen molar-refractivity contribution in [1.82, 2.24) is 24.8 Å². The van der Waals surface area contributed by atoms with Crippen LogP contribution >= 0.6 is 0 Å². The molecule has 2 aromatic rings. The third-order valence-electron chi connectivity index (χ3n) is 5.38. The van der Waals surface area contributed by atoms with Gasteiger partial charge < -0.3 is 14.8 Å². The van der Waals surface area contributed by atoms with E-state index in [-0.39, 0.29) is 0 Å². The summed E-state index contributed by atoms with van der Waals surface area (Å²) < 4.78 is 2.41. The van der Waals surface area contributed by atoms with E-state index in [2.05, 4.69) is 32.9 Å². The van der Waals surface area contributed by atoms with Crippen LogP contribution in [0.2, 0.25) is 0 Å². The first kappa shape index (κ1) is 15.1. The second kappa shape index (κ2) is 6.57. The lowest BCUT2D eigenvalue weighted by molar-refractivity contribution is 0.194. The number of aromatic nitrogens is 3. The van der Waals surface area contributed by atoms with Gasteiger partial charge in [0, 0.05) is 25.7 Å². The van der Waals surface area contributed by atoms with Crippen LogP contribution in [-0.4, -0.2) is 52.7 Å². The first-order valence-electron chi connectivity index (χ1n) is 8.99. The molecule has 0 amide bonds. The van der Waals surface area contributed by atoms with Crippen molar-refractivity contribution in [1.29, 1.82) is 0 Å². The van der Waals surface area contributed by atoms with Crippen LogP contribution in [0.5, 0.6) is 0 Å². The molecule has 2 aliphatic rings. The minimum atomic E-state index is 0.716. The van der Waals surface area contributed by atoms with E-state index in [4.69, 9.17) is 4.98 Å². The van der Waals surface area contributed by atoms with Gasteiger partial charge in [-0.3, -0.25) is 0 Å². The molecule has 2 atom stereocenters. The van der Waals surface area contributed by atoms with Crippen LogP contribution in [0.1, 0.15) is 25.1 Å². The van der Waals surface area contributed by atoms with E-state index in [1.807, 2.05) is 12.3 Å². The van der Waals surface area contributed by atoms with Gasteiger partial charge in [0.1, 0.15) is 11.3 Å². The molecule has 5 heteroatoms. The quantitative estimate of drug-likeness (QED) is 0.937. The molecule has 0 spiro atoms. The number of likely N-dealkylation sites (tertiary alicyclic amines) is 1. The Kier molecular flexibility index (Phi) is 4.31. The molecule has 2 aliphatic heterocycles. The fourth-order valence-corrected chi connectivity index (χ4v) is 4.18. The Balaban J connectivity index is 1.61. The highest BCUT2D eigenvalue weighted by molar-refractivity contribution is 5.71. The monoisotopic (exact) mass is 313 g/mol. The van der Waals surface area contributed by atoms with Gasteiger partial charge in [-0.05, 0) is 69.9 Å². The molecule has 0 aromatic carbocycles. The zero-order chi connectivity index (χ0) is 15.6. The van der Waals surface area contributed by atoms with Gasteiger partial charge >= 0.3 is 0 Å². The predicted octanol–water partition coefficient (Wildman–Crippen LogP) is 1.93. The Morgan fingerprint density at radius 2 is 2.26 bits per heavy atom. The van der Waals surface area contributed by atoms with Crippen molar-refractivity contribution in [3.63, 3.8) is 0 Å². The average molecular weight is 313 g/mol. The Labute approximate surface area is 138 Å². The Hall–Kier alpha value is -1.46. The molecular formula is C18H27N5. The molecule has 2 aromatic heterocycles. The largest absolute Gasteiger partial charge is 0.316 e. The van der Waals surface area contributed by atoms with Gasteiger partial charge in [0.25, 0.3) is 0 Å². The Morgan fingerprint density at radius 3 is 3.09 bits per heavy atom. The van der Waals surface area contributed by atoms with Crippen LogP contribution in [0, 0.1) is 11.8 Å². The number of nitrogens with zero attached hydrogens (tertiary/aromatic N) is 4. The molecule has 5 nitrogen and oxygen atoms in total. The first-order chi connectivity index (χ1) is 11.3. The number of rotatable bonds is 4. The molecule has 0 bridgehead atoms. The van der Waals surface area contributed by atoms with Gasteiger partial charge in [-0.15, -0.1) is 0 Å². The van der Waals surface area contributed by atoms with Gasteiger partial charge in [0.15, 0.2) is 5.65 Å². The van der Waals surface area contributed by atoms with Gasteiger partial charge in [0.2, 0.25) is 0 Å². The van der Waals surface area contributed by atoms with E-state index >= 15 is 0 Å². The zero-order valence-electron chi connectivity index (χ0n) is 14.0. The van der Waals surface area contributed by atoms with Gasteiger partial charge in [-0.25, -0.2) is 9.97 Å². The second-order valence-electron chi connectivity index (χ2n) is 7.32. The lowest BCUT2D eigenvalue weighted by Gasteiger charge is -2.30. The van der Waals surface area contributed by atoms with E-state index in [0.29, 0.717) is 5.92 Å². The summed E-state index contributed by atoms with van der Waals surface area (Å²) in [4.78, 5) is 12.0. The summed E-state index contributed by atoms with van der Waals surface area (Å²) in [7, 11) is 2.24.